The van der Waals surface area contributed by atoms with Gasteiger partial charge in [0.15, 0.2) is 5.96 Å². The van der Waals surface area contributed by atoms with Crippen LogP contribution in [0.3, 0.4) is 0 Å². The van der Waals surface area contributed by atoms with Crippen LogP contribution in [-0.4, -0.2) is 30.5 Å². The van der Waals surface area contributed by atoms with E-state index in [9.17, 15) is 4.79 Å². The number of carbonyl (C=O) groups is 1. The Hall–Kier alpha value is -1.26. The maximum absolute atomic E-state index is 11.1. The topological polar surface area (TPSA) is 79.5 Å². The lowest BCUT2D eigenvalue weighted by Crippen LogP contribution is -2.38. The molecule has 0 rings (SSSR count). The van der Waals surface area contributed by atoms with Crippen LogP contribution in [0.25, 0.3) is 0 Å². The van der Waals surface area contributed by atoms with Crippen molar-refractivity contribution in [2.24, 2.45) is 10.7 Å². The first-order valence-corrected chi connectivity index (χ1v) is 4.77. The van der Waals surface area contributed by atoms with Crippen molar-refractivity contribution in [1.82, 2.24) is 10.6 Å². The molecule has 0 aromatic heterocycles. The number of nitrogens with zero attached hydrogens (tertiary/aromatic N) is 1. The molecule has 0 aromatic carbocycles. The molecule has 0 aliphatic carbocycles. The molecule has 1 amide bonds. The molecule has 5 heteroatoms. The lowest BCUT2D eigenvalue weighted by Gasteiger charge is -2.09. The minimum atomic E-state index is -0.117. The Morgan fingerprint density at radius 3 is 2.14 bits per heavy atom. The van der Waals surface area contributed by atoms with Crippen LogP contribution < -0.4 is 16.4 Å². The van der Waals surface area contributed by atoms with E-state index >= 15 is 0 Å². The Morgan fingerprint density at radius 1 is 1.21 bits per heavy atom. The van der Waals surface area contributed by atoms with Crippen LogP contribution in [0.15, 0.2) is 4.99 Å². The Balaban J connectivity index is 3.84. The van der Waals surface area contributed by atoms with Gasteiger partial charge in [-0.15, -0.1) is 0 Å². The normalized spacial score (nSPS) is 12.0. The molecule has 0 heterocycles. The summed E-state index contributed by atoms with van der Waals surface area (Å²) < 4.78 is 0. The highest BCUT2D eigenvalue weighted by Crippen LogP contribution is 1.80. The van der Waals surface area contributed by atoms with Crippen LogP contribution in [0.5, 0.6) is 0 Å². The van der Waals surface area contributed by atoms with Crippen LogP contribution >= 0.6 is 0 Å². The largest absolute Gasteiger partial charge is 0.370 e. The van der Waals surface area contributed by atoms with Crippen molar-refractivity contribution in [2.75, 3.05) is 6.54 Å². The molecule has 0 unspecified atom stereocenters. The number of amides is 1. The molecule has 5 nitrogen and oxygen atoms in total. The first-order valence-electron chi connectivity index (χ1n) is 4.77. The van der Waals surface area contributed by atoms with Crippen LogP contribution in [0.2, 0.25) is 0 Å². The van der Waals surface area contributed by atoms with Gasteiger partial charge >= 0.3 is 0 Å². The Labute approximate surface area is 85.2 Å². The lowest BCUT2D eigenvalue weighted by atomic mass is 10.4. The number of aliphatic imine (C=N–C) groups is 1. The van der Waals surface area contributed by atoms with Gasteiger partial charge in [0.1, 0.15) is 6.54 Å². The number of guanidine groups is 1. The standard InChI is InChI=1S/C9H20N4O/c1-6(2)12-8(14)5-11-9(10)13-7(3)4/h6-7H,5H2,1-4H3,(H,12,14)(H3,10,11,13). The van der Waals surface area contributed by atoms with E-state index in [1.54, 1.807) is 0 Å². The highest BCUT2D eigenvalue weighted by molar-refractivity contribution is 5.84. The third kappa shape index (κ3) is 7.39. The van der Waals surface area contributed by atoms with Crippen LogP contribution in [-0.2, 0) is 4.79 Å². The molecule has 0 bridgehead atoms. The third-order valence-electron chi connectivity index (χ3n) is 1.28. The van der Waals surface area contributed by atoms with E-state index in [-0.39, 0.29) is 24.5 Å². The van der Waals surface area contributed by atoms with E-state index < -0.39 is 0 Å². The molecule has 0 radical (unpaired) electrons. The fourth-order valence-corrected chi connectivity index (χ4v) is 0.866. The number of hydrogen-bond acceptors (Lipinski definition) is 2. The van der Waals surface area contributed by atoms with Crippen molar-refractivity contribution in [3.63, 3.8) is 0 Å². The lowest BCUT2D eigenvalue weighted by molar-refractivity contribution is -0.120. The fraction of sp³-hybridized carbons (Fsp3) is 0.778. The highest BCUT2D eigenvalue weighted by Gasteiger charge is 2.02. The molecule has 0 fully saturated rings. The van der Waals surface area contributed by atoms with Gasteiger partial charge in [-0.1, -0.05) is 0 Å². The summed E-state index contributed by atoms with van der Waals surface area (Å²) >= 11 is 0. The Kier molecular flexibility index (Phi) is 5.67. The summed E-state index contributed by atoms with van der Waals surface area (Å²) in [6.07, 6.45) is 0. The van der Waals surface area contributed by atoms with Crippen LogP contribution in [0, 0.1) is 0 Å². The van der Waals surface area contributed by atoms with E-state index in [1.165, 1.54) is 0 Å². The number of nitrogens with two attached hydrogens (primary N) is 1. The quantitative estimate of drug-likeness (QED) is 0.435. The zero-order valence-electron chi connectivity index (χ0n) is 9.29. The first-order chi connectivity index (χ1) is 6.41. The third-order valence-corrected chi connectivity index (χ3v) is 1.28. The first kappa shape index (κ1) is 12.7. The molecule has 82 valence electrons. The van der Waals surface area contributed by atoms with Gasteiger partial charge in [0.25, 0.3) is 0 Å². The fourth-order valence-electron chi connectivity index (χ4n) is 0.866. The van der Waals surface area contributed by atoms with Crippen molar-refractivity contribution < 1.29 is 4.79 Å². The van der Waals surface area contributed by atoms with Gasteiger partial charge in [0, 0.05) is 12.1 Å². The van der Waals surface area contributed by atoms with Gasteiger partial charge in [-0.3, -0.25) is 4.79 Å². The monoisotopic (exact) mass is 200 g/mol. The van der Waals surface area contributed by atoms with Gasteiger partial charge in [-0.25, -0.2) is 4.99 Å². The van der Waals surface area contributed by atoms with Crippen molar-refractivity contribution in [3.05, 3.63) is 0 Å². The Bertz CT molecular complexity index is 211. The van der Waals surface area contributed by atoms with Crippen molar-refractivity contribution >= 4 is 11.9 Å². The van der Waals surface area contributed by atoms with Gasteiger partial charge in [-0.2, -0.15) is 0 Å². The predicted octanol–water partition coefficient (Wildman–Crippen LogP) is -0.176. The molecule has 4 N–H and O–H groups in total. The molecular formula is C9H20N4O. The van der Waals surface area contributed by atoms with Gasteiger partial charge in [0.2, 0.25) is 5.91 Å². The molecule has 0 aliphatic rings. The summed E-state index contributed by atoms with van der Waals surface area (Å²) in [7, 11) is 0. The van der Waals surface area contributed by atoms with E-state index in [1.807, 2.05) is 27.7 Å². The van der Waals surface area contributed by atoms with E-state index in [0.717, 1.165) is 0 Å². The van der Waals surface area contributed by atoms with Crippen LogP contribution in [0.1, 0.15) is 27.7 Å². The SMILES string of the molecule is CC(C)NC(=O)CN=C(N)NC(C)C. The number of nitrogens with one attached hydrogen (secondary N) is 2. The smallest absolute Gasteiger partial charge is 0.242 e. The molecule has 14 heavy (non-hydrogen) atoms. The number of hydrogen-bond donors (Lipinski definition) is 3. The zero-order valence-corrected chi connectivity index (χ0v) is 9.29. The van der Waals surface area contributed by atoms with Gasteiger partial charge in [0.05, 0.1) is 0 Å². The maximum Gasteiger partial charge on any atom is 0.242 e. The molecule has 0 spiro atoms. The Morgan fingerprint density at radius 2 is 1.71 bits per heavy atom. The summed E-state index contributed by atoms with van der Waals surface area (Å²) in [5.41, 5.74) is 5.51. The van der Waals surface area contributed by atoms with E-state index in [0.29, 0.717) is 5.96 Å². The number of carbonyl (C=O) groups excluding carboxylic acids is 1. The minimum absolute atomic E-state index is 0.0731. The summed E-state index contributed by atoms with van der Waals surface area (Å²) in [4.78, 5) is 15.0. The molecular weight excluding hydrogens is 180 g/mol. The highest BCUT2D eigenvalue weighted by atomic mass is 16.1. The van der Waals surface area contributed by atoms with Gasteiger partial charge < -0.3 is 16.4 Å². The van der Waals surface area contributed by atoms with Crippen molar-refractivity contribution in [1.29, 1.82) is 0 Å². The average molecular weight is 200 g/mol. The second kappa shape index (κ2) is 6.23. The van der Waals surface area contributed by atoms with Crippen LogP contribution in [0.4, 0.5) is 0 Å². The second-order valence-corrected chi connectivity index (χ2v) is 3.72. The zero-order chi connectivity index (χ0) is 11.1. The van der Waals surface area contributed by atoms with Crippen molar-refractivity contribution in [3.8, 4) is 0 Å². The molecule has 0 saturated carbocycles. The second-order valence-electron chi connectivity index (χ2n) is 3.72. The summed E-state index contributed by atoms with van der Waals surface area (Å²) in [5, 5.41) is 5.62. The molecule has 0 aliphatic heterocycles. The van der Waals surface area contributed by atoms with E-state index in [2.05, 4.69) is 15.6 Å². The molecule has 0 saturated heterocycles. The van der Waals surface area contributed by atoms with E-state index in [4.69, 9.17) is 5.73 Å². The predicted molar refractivity (Wildman–Crippen MR) is 58.0 cm³/mol. The number of rotatable bonds is 4. The van der Waals surface area contributed by atoms with Crippen molar-refractivity contribution in [2.45, 2.75) is 39.8 Å². The molecule has 0 atom stereocenters. The van der Waals surface area contributed by atoms with Gasteiger partial charge in [-0.05, 0) is 27.7 Å². The summed E-state index contributed by atoms with van der Waals surface area (Å²) in [6, 6.07) is 0.365. The average Bonchev–Trinajstić information content (AvgIpc) is 1.98. The molecule has 0 aromatic rings. The minimum Gasteiger partial charge on any atom is -0.370 e. The summed E-state index contributed by atoms with van der Waals surface area (Å²) in [6.45, 7) is 7.78. The summed E-state index contributed by atoms with van der Waals surface area (Å²) in [5.74, 6) is 0.187. The maximum atomic E-state index is 11.1.